The molecule has 0 radical (unpaired) electrons. The third-order valence-electron chi connectivity index (χ3n) is 3.98. The van der Waals surface area contributed by atoms with Gasteiger partial charge >= 0.3 is 5.97 Å². The number of hydrogen-bond acceptors (Lipinski definition) is 4. The molecular weight excluding hydrogens is 248 g/mol. The van der Waals surface area contributed by atoms with Crippen molar-refractivity contribution in [3.8, 4) is 0 Å². The molecule has 2 aliphatic carbocycles. The van der Waals surface area contributed by atoms with Crippen molar-refractivity contribution in [3.63, 3.8) is 0 Å². The molecule has 0 spiro atoms. The molecule has 1 amide bonds. The summed E-state index contributed by atoms with van der Waals surface area (Å²) in [6.45, 7) is 0.263. The van der Waals surface area contributed by atoms with E-state index in [9.17, 15) is 14.7 Å². The van der Waals surface area contributed by atoms with Crippen LogP contribution >= 0.6 is 0 Å². The first-order valence-corrected chi connectivity index (χ1v) is 6.25. The molecule has 2 aliphatic rings. The molecule has 4 atom stereocenters. The summed E-state index contributed by atoms with van der Waals surface area (Å²) >= 11 is 0. The summed E-state index contributed by atoms with van der Waals surface area (Å²) in [5.41, 5.74) is 0.624. The Labute approximate surface area is 109 Å². The Morgan fingerprint density at radius 1 is 1.37 bits per heavy atom. The molecule has 3 rings (SSSR count). The van der Waals surface area contributed by atoms with E-state index in [-0.39, 0.29) is 24.3 Å². The topological polar surface area (TPSA) is 92.4 Å². The maximum Gasteiger partial charge on any atom is 0.307 e. The zero-order chi connectivity index (χ0) is 13.4. The monoisotopic (exact) mass is 262 g/mol. The van der Waals surface area contributed by atoms with Gasteiger partial charge in [-0.3, -0.25) is 9.59 Å². The number of carboxylic acids is 1. The highest BCUT2D eigenvalue weighted by atomic mass is 16.5. The summed E-state index contributed by atoms with van der Waals surface area (Å²) in [6, 6.07) is 1.66. The highest BCUT2D eigenvalue weighted by Crippen LogP contribution is 2.48. The van der Waals surface area contributed by atoms with Gasteiger partial charge < -0.3 is 14.9 Å². The minimum atomic E-state index is -0.890. The number of aliphatic carboxylic acids is 1. The zero-order valence-corrected chi connectivity index (χ0v) is 10.2. The quantitative estimate of drug-likeness (QED) is 0.783. The average molecular weight is 262 g/mol. The van der Waals surface area contributed by atoms with Crippen molar-refractivity contribution in [1.82, 2.24) is 10.5 Å². The molecule has 6 nitrogen and oxygen atoms in total. The molecule has 2 bridgehead atoms. The minimum Gasteiger partial charge on any atom is -0.481 e. The van der Waals surface area contributed by atoms with Crippen LogP contribution in [-0.2, 0) is 16.1 Å². The number of nitrogens with zero attached hydrogens (tertiary/aromatic N) is 1. The molecule has 1 heterocycles. The molecule has 0 unspecified atom stereocenters. The normalized spacial score (nSPS) is 31.6. The van der Waals surface area contributed by atoms with Crippen LogP contribution in [-0.4, -0.2) is 22.1 Å². The maximum atomic E-state index is 12.2. The van der Waals surface area contributed by atoms with Crippen LogP contribution in [0.5, 0.6) is 0 Å². The van der Waals surface area contributed by atoms with Gasteiger partial charge in [0.25, 0.3) is 0 Å². The largest absolute Gasteiger partial charge is 0.481 e. The second kappa shape index (κ2) is 4.53. The Hall–Kier alpha value is -2.11. The van der Waals surface area contributed by atoms with E-state index in [0.717, 1.165) is 6.42 Å². The first-order chi connectivity index (χ1) is 9.16. The number of allylic oxidation sites excluding steroid dienone is 2. The van der Waals surface area contributed by atoms with Crippen LogP contribution in [0.25, 0.3) is 0 Å². The summed E-state index contributed by atoms with van der Waals surface area (Å²) in [5.74, 6) is -2.15. The van der Waals surface area contributed by atoms with Crippen molar-refractivity contribution in [2.45, 2.75) is 13.0 Å². The SMILES string of the molecule is O=C(O)[C@@H]1[C@H](C(=O)NCc2ccon2)[C@H]2C=C[C@H]1C2. The average Bonchev–Trinajstić information content (AvgIpc) is 3.10. The number of nitrogens with one attached hydrogen (secondary N) is 1. The first-order valence-electron chi connectivity index (χ1n) is 6.25. The number of hydrogen-bond donors (Lipinski definition) is 2. The molecule has 1 aromatic heterocycles. The van der Waals surface area contributed by atoms with E-state index < -0.39 is 17.8 Å². The van der Waals surface area contributed by atoms with Gasteiger partial charge in [0.05, 0.1) is 18.4 Å². The number of fused-ring (bicyclic) bond motifs is 2. The maximum absolute atomic E-state index is 12.2. The Kier molecular flexibility index (Phi) is 2.85. The third kappa shape index (κ3) is 2.03. The van der Waals surface area contributed by atoms with Gasteiger partial charge in [0.1, 0.15) is 12.0 Å². The molecule has 1 aromatic rings. The second-order valence-corrected chi connectivity index (χ2v) is 5.05. The van der Waals surface area contributed by atoms with Gasteiger partial charge in [-0.2, -0.15) is 0 Å². The van der Waals surface area contributed by atoms with Crippen molar-refractivity contribution in [2.75, 3.05) is 0 Å². The number of carbonyl (C=O) groups excluding carboxylic acids is 1. The lowest BCUT2D eigenvalue weighted by Crippen LogP contribution is -2.39. The van der Waals surface area contributed by atoms with E-state index in [0.29, 0.717) is 5.69 Å². The zero-order valence-electron chi connectivity index (χ0n) is 10.2. The van der Waals surface area contributed by atoms with E-state index in [2.05, 4.69) is 15.0 Å². The molecule has 2 N–H and O–H groups in total. The molecule has 0 aromatic carbocycles. The standard InChI is InChI=1S/C13H14N2O4/c16-12(14-6-9-3-4-19-15-9)10-7-1-2-8(5-7)11(10)13(17)18/h1-4,7-8,10-11H,5-6H2,(H,14,16)(H,17,18)/t7-,8-,10+,11-/m0/s1. The van der Waals surface area contributed by atoms with E-state index in [1.165, 1.54) is 6.26 Å². The van der Waals surface area contributed by atoms with Crippen LogP contribution in [0.4, 0.5) is 0 Å². The Balaban J connectivity index is 1.68. The predicted molar refractivity (Wildman–Crippen MR) is 63.7 cm³/mol. The van der Waals surface area contributed by atoms with Crippen molar-refractivity contribution in [1.29, 1.82) is 0 Å². The second-order valence-electron chi connectivity index (χ2n) is 5.05. The smallest absolute Gasteiger partial charge is 0.307 e. The van der Waals surface area contributed by atoms with E-state index in [1.54, 1.807) is 6.07 Å². The van der Waals surface area contributed by atoms with Gasteiger partial charge in [0.2, 0.25) is 5.91 Å². The Morgan fingerprint density at radius 2 is 2.11 bits per heavy atom. The third-order valence-corrected chi connectivity index (χ3v) is 3.98. The number of rotatable bonds is 4. The van der Waals surface area contributed by atoms with Crippen LogP contribution in [0.3, 0.4) is 0 Å². The van der Waals surface area contributed by atoms with Crippen molar-refractivity contribution in [3.05, 3.63) is 30.2 Å². The van der Waals surface area contributed by atoms with Gasteiger partial charge in [0.15, 0.2) is 0 Å². The fourth-order valence-electron chi connectivity index (χ4n) is 3.14. The fraction of sp³-hybridized carbons (Fsp3) is 0.462. The summed E-state index contributed by atoms with van der Waals surface area (Å²) < 4.78 is 4.67. The van der Waals surface area contributed by atoms with E-state index >= 15 is 0 Å². The van der Waals surface area contributed by atoms with E-state index in [4.69, 9.17) is 0 Å². The van der Waals surface area contributed by atoms with Crippen LogP contribution in [0.15, 0.2) is 29.0 Å². The van der Waals surface area contributed by atoms with Crippen molar-refractivity contribution >= 4 is 11.9 Å². The minimum absolute atomic E-state index is 0.00898. The molecular formula is C13H14N2O4. The molecule has 19 heavy (non-hydrogen) atoms. The van der Waals surface area contributed by atoms with Crippen LogP contribution in [0.2, 0.25) is 0 Å². The van der Waals surface area contributed by atoms with Gasteiger partial charge in [0, 0.05) is 6.07 Å². The van der Waals surface area contributed by atoms with Crippen LogP contribution in [0, 0.1) is 23.7 Å². The van der Waals surface area contributed by atoms with Gasteiger partial charge in [-0.15, -0.1) is 0 Å². The summed E-state index contributed by atoms with van der Waals surface area (Å²) in [7, 11) is 0. The van der Waals surface area contributed by atoms with Crippen LogP contribution < -0.4 is 5.32 Å². The lowest BCUT2D eigenvalue weighted by Gasteiger charge is -2.23. The van der Waals surface area contributed by atoms with Gasteiger partial charge in [-0.05, 0) is 18.3 Å². The summed E-state index contributed by atoms with van der Waals surface area (Å²) in [5, 5.41) is 15.7. The van der Waals surface area contributed by atoms with E-state index in [1.807, 2.05) is 12.2 Å². The van der Waals surface area contributed by atoms with Gasteiger partial charge in [-0.25, -0.2) is 0 Å². The van der Waals surface area contributed by atoms with Crippen molar-refractivity contribution in [2.24, 2.45) is 23.7 Å². The van der Waals surface area contributed by atoms with Crippen molar-refractivity contribution < 1.29 is 19.2 Å². The van der Waals surface area contributed by atoms with Crippen LogP contribution in [0.1, 0.15) is 12.1 Å². The fourth-order valence-corrected chi connectivity index (χ4v) is 3.14. The highest BCUT2D eigenvalue weighted by molar-refractivity contribution is 5.86. The predicted octanol–water partition coefficient (Wildman–Crippen LogP) is 0.814. The lowest BCUT2D eigenvalue weighted by molar-refractivity contribution is -0.147. The summed E-state index contributed by atoms with van der Waals surface area (Å²) in [6.07, 6.45) is 6.08. The molecule has 100 valence electrons. The molecule has 0 aliphatic heterocycles. The molecule has 1 saturated carbocycles. The highest BCUT2D eigenvalue weighted by Gasteiger charge is 2.51. The molecule has 1 fully saturated rings. The first kappa shape index (κ1) is 12.0. The number of carbonyl (C=O) groups is 2. The molecule has 6 heteroatoms. The van der Waals surface area contributed by atoms with Gasteiger partial charge in [-0.1, -0.05) is 17.3 Å². The number of amides is 1. The summed E-state index contributed by atoms with van der Waals surface area (Å²) in [4.78, 5) is 23.5. The Bertz CT molecular complexity index is 523. The molecule has 0 saturated heterocycles. The lowest BCUT2D eigenvalue weighted by atomic mass is 9.82. The Morgan fingerprint density at radius 3 is 2.74 bits per heavy atom. The number of carboxylic acid groups (broad SMARTS) is 1. The number of aromatic nitrogens is 1.